The molecule has 0 aromatic heterocycles. The Kier molecular flexibility index (Phi) is 4.40. The zero-order valence-corrected chi connectivity index (χ0v) is 13.2. The lowest BCUT2D eigenvalue weighted by Crippen LogP contribution is -2.18. The first kappa shape index (κ1) is 15.6. The highest BCUT2D eigenvalue weighted by molar-refractivity contribution is 7.78. The van der Waals surface area contributed by atoms with Crippen molar-refractivity contribution in [2.24, 2.45) is 0 Å². The van der Waals surface area contributed by atoms with Crippen molar-refractivity contribution in [3.05, 3.63) is 96.1 Å². The molecule has 0 bridgehead atoms. The van der Waals surface area contributed by atoms with Crippen LogP contribution in [-0.4, -0.2) is 0 Å². The Balaban J connectivity index is 2.10. The SMILES string of the molecule is O=P(Cc1ccccc1)(c1ccc(F)cc1)c1ccc(F)cc1. The van der Waals surface area contributed by atoms with E-state index in [-0.39, 0.29) is 11.6 Å². The van der Waals surface area contributed by atoms with Crippen molar-refractivity contribution in [3.63, 3.8) is 0 Å². The van der Waals surface area contributed by atoms with Gasteiger partial charge in [0, 0.05) is 16.8 Å². The highest BCUT2D eigenvalue weighted by Gasteiger charge is 2.27. The van der Waals surface area contributed by atoms with Crippen molar-refractivity contribution < 1.29 is 13.3 Å². The van der Waals surface area contributed by atoms with Crippen LogP contribution in [0.15, 0.2) is 78.9 Å². The normalized spacial score (nSPS) is 11.4. The van der Waals surface area contributed by atoms with Gasteiger partial charge in [0.05, 0.1) is 0 Å². The van der Waals surface area contributed by atoms with E-state index in [1.807, 2.05) is 30.3 Å². The second kappa shape index (κ2) is 6.47. The predicted octanol–water partition coefficient (Wildman–Crippen LogP) is 4.48. The third-order valence-electron chi connectivity index (χ3n) is 3.74. The third-order valence-corrected chi connectivity index (χ3v) is 6.81. The van der Waals surface area contributed by atoms with E-state index < -0.39 is 7.14 Å². The Morgan fingerprint density at radius 1 is 0.652 bits per heavy atom. The lowest BCUT2D eigenvalue weighted by molar-refractivity contribution is 0.586. The van der Waals surface area contributed by atoms with Crippen molar-refractivity contribution in [2.75, 3.05) is 0 Å². The maximum atomic E-state index is 13.8. The number of hydrogen-bond donors (Lipinski definition) is 0. The van der Waals surface area contributed by atoms with Gasteiger partial charge in [0.25, 0.3) is 0 Å². The highest BCUT2D eigenvalue weighted by Crippen LogP contribution is 2.46. The molecule has 0 atom stereocenters. The van der Waals surface area contributed by atoms with Gasteiger partial charge in [-0.15, -0.1) is 0 Å². The van der Waals surface area contributed by atoms with Gasteiger partial charge in [0.1, 0.15) is 18.8 Å². The van der Waals surface area contributed by atoms with Gasteiger partial charge < -0.3 is 4.57 Å². The Morgan fingerprint density at radius 3 is 1.52 bits per heavy atom. The van der Waals surface area contributed by atoms with E-state index in [0.717, 1.165) is 5.56 Å². The minimum Gasteiger partial charge on any atom is -0.313 e. The summed E-state index contributed by atoms with van der Waals surface area (Å²) in [7, 11) is -3.02. The maximum Gasteiger partial charge on any atom is 0.147 e. The molecule has 3 rings (SSSR count). The highest BCUT2D eigenvalue weighted by atomic mass is 31.2. The van der Waals surface area contributed by atoms with Crippen LogP contribution in [0.25, 0.3) is 0 Å². The smallest absolute Gasteiger partial charge is 0.147 e. The molecular weight excluding hydrogens is 313 g/mol. The first-order valence-electron chi connectivity index (χ1n) is 7.23. The zero-order valence-electron chi connectivity index (χ0n) is 12.3. The summed E-state index contributed by atoms with van der Waals surface area (Å²) in [6.07, 6.45) is 0.311. The second-order valence-corrected chi connectivity index (χ2v) is 8.16. The molecule has 0 unspecified atom stereocenters. The zero-order chi connectivity index (χ0) is 16.3. The van der Waals surface area contributed by atoms with Crippen LogP contribution < -0.4 is 10.6 Å². The first-order valence-corrected chi connectivity index (χ1v) is 9.12. The van der Waals surface area contributed by atoms with Crippen LogP contribution in [0.4, 0.5) is 8.78 Å². The fourth-order valence-electron chi connectivity index (χ4n) is 2.54. The van der Waals surface area contributed by atoms with Gasteiger partial charge in [0.15, 0.2) is 0 Å². The number of hydrogen-bond acceptors (Lipinski definition) is 1. The fraction of sp³-hybridized carbons (Fsp3) is 0.0526. The molecule has 0 aliphatic rings. The predicted molar refractivity (Wildman–Crippen MR) is 89.8 cm³/mol. The molecule has 0 spiro atoms. The summed E-state index contributed by atoms with van der Waals surface area (Å²) in [5.74, 6) is -0.752. The Morgan fingerprint density at radius 2 is 1.09 bits per heavy atom. The van der Waals surface area contributed by atoms with Gasteiger partial charge in [-0.05, 0) is 54.1 Å². The van der Waals surface area contributed by atoms with Crippen LogP contribution in [0.3, 0.4) is 0 Å². The average molecular weight is 328 g/mol. The monoisotopic (exact) mass is 328 g/mol. The molecule has 0 aliphatic heterocycles. The summed E-state index contributed by atoms with van der Waals surface area (Å²) in [4.78, 5) is 0. The van der Waals surface area contributed by atoms with Crippen LogP contribution in [0, 0.1) is 11.6 Å². The quantitative estimate of drug-likeness (QED) is 0.646. The summed E-state index contributed by atoms with van der Waals surface area (Å²) < 4.78 is 40.2. The molecule has 0 radical (unpaired) electrons. The van der Waals surface area contributed by atoms with Gasteiger partial charge in [-0.3, -0.25) is 0 Å². The molecule has 0 fully saturated rings. The van der Waals surface area contributed by atoms with Crippen LogP contribution in [0.1, 0.15) is 5.56 Å². The topological polar surface area (TPSA) is 17.1 Å². The summed E-state index contributed by atoms with van der Waals surface area (Å²) >= 11 is 0. The van der Waals surface area contributed by atoms with Gasteiger partial charge in [-0.2, -0.15) is 0 Å². The van der Waals surface area contributed by atoms with Gasteiger partial charge >= 0.3 is 0 Å². The van der Waals surface area contributed by atoms with E-state index in [1.165, 1.54) is 24.3 Å². The lowest BCUT2D eigenvalue weighted by Gasteiger charge is -2.19. The fourth-order valence-corrected chi connectivity index (χ4v) is 5.19. The largest absolute Gasteiger partial charge is 0.313 e. The van der Waals surface area contributed by atoms with E-state index >= 15 is 0 Å². The molecule has 0 amide bonds. The van der Waals surface area contributed by atoms with Crippen molar-refractivity contribution >= 4 is 17.8 Å². The molecule has 4 heteroatoms. The van der Waals surface area contributed by atoms with E-state index in [9.17, 15) is 13.3 Å². The number of rotatable bonds is 4. The maximum absolute atomic E-state index is 13.8. The molecule has 3 aromatic rings. The third kappa shape index (κ3) is 3.40. The van der Waals surface area contributed by atoms with E-state index in [0.29, 0.717) is 16.8 Å². The van der Waals surface area contributed by atoms with Crippen molar-refractivity contribution in [1.29, 1.82) is 0 Å². The molecule has 23 heavy (non-hydrogen) atoms. The lowest BCUT2D eigenvalue weighted by atomic mass is 10.2. The van der Waals surface area contributed by atoms with Crippen molar-refractivity contribution in [3.8, 4) is 0 Å². The van der Waals surface area contributed by atoms with Crippen molar-refractivity contribution in [1.82, 2.24) is 0 Å². The van der Waals surface area contributed by atoms with Crippen LogP contribution in [0.5, 0.6) is 0 Å². The summed E-state index contributed by atoms with van der Waals surface area (Å²) in [5.41, 5.74) is 0.921. The first-order chi connectivity index (χ1) is 11.1. The molecule has 3 aromatic carbocycles. The van der Waals surface area contributed by atoms with E-state index in [1.54, 1.807) is 24.3 Å². The van der Waals surface area contributed by atoms with Gasteiger partial charge in [-0.1, -0.05) is 30.3 Å². The Labute approximate surface area is 134 Å². The minimum absolute atomic E-state index is 0.311. The van der Waals surface area contributed by atoms with Gasteiger partial charge in [0.2, 0.25) is 0 Å². The molecule has 0 saturated heterocycles. The van der Waals surface area contributed by atoms with E-state index in [2.05, 4.69) is 0 Å². The standard InChI is InChI=1S/C19H15F2OP/c20-16-6-10-18(11-7-16)23(22,14-15-4-2-1-3-5-15)19-12-8-17(21)9-13-19/h1-13H,14H2. The molecular formula is C19H15F2OP. The van der Waals surface area contributed by atoms with Crippen LogP contribution >= 0.6 is 7.14 Å². The van der Waals surface area contributed by atoms with Gasteiger partial charge in [-0.25, -0.2) is 8.78 Å². The Hall–Kier alpha value is -2.25. The summed E-state index contributed by atoms with van der Waals surface area (Å²) in [5, 5.41) is 1.13. The van der Waals surface area contributed by atoms with Crippen molar-refractivity contribution in [2.45, 2.75) is 6.16 Å². The average Bonchev–Trinajstić information content (AvgIpc) is 2.57. The molecule has 0 aliphatic carbocycles. The Bertz CT molecular complexity index is 778. The van der Waals surface area contributed by atoms with Crippen LogP contribution in [-0.2, 0) is 10.7 Å². The number of benzene rings is 3. The molecule has 0 N–H and O–H groups in total. The van der Waals surface area contributed by atoms with Crippen LogP contribution in [0.2, 0.25) is 0 Å². The summed E-state index contributed by atoms with van der Waals surface area (Å²) in [6, 6.07) is 20.9. The summed E-state index contributed by atoms with van der Waals surface area (Å²) in [6.45, 7) is 0. The number of halogens is 2. The molecule has 1 nitrogen and oxygen atoms in total. The molecule has 0 saturated carbocycles. The molecule has 116 valence electrons. The minimum atomic E-state index is -3.02. The second-order valence-electron chi connectivity index (χ2n) is 5.34. The molecule has 0 heterocycles. The van der Waals surface area contributed by atoms with E-state index in [4.69, 9.17) is 0 Å².